The lowest BCUT2D eigenvalue weighted by atomic mass is 10.1. The summed E-state index contributed by atoms with van der Waals surface area (Å²) < 4.78 is 5.21. The van der Waals surface area contributed by atoms with Gasteiger partial charge in [-0.3, -0.25) is 14.2 Å². The minimum atomic E-state index is -0.163. The molecule has 0 saturated heterocycles. The van der Waals surface area contributed by atoms with Crippen LogP contribution in [0.15, 0.2) is 90.4 Å². The molecule has 0 aliphatic rings. The van der Waals surface area contributed by atoms with E-state index < -0.39 is 0 Å². The van der Waals surface area contributed by atoms with Crippen molar-refractivity contribution in [2.75, 3.05) is 6.54 Å². The maximum atomic E-state index is 12.9. The number of carbonyl (C=O) groups excluding carboxylic acids is 1. The molecule has 8 nitrogen and oxygen atoms in total. The molecule has 0 bridgehead atoms. The molecule has 0 saturated carbocycles. The molecule has 2 aromatic carbocycles. The van der Waals surface area contributed by atoms with E-state index >= 15 is 0 Å². The molecule has 3 aromatic heterocycles. The first-order valence-corrected chi connectivity index (χ1v) is 11.1. The van der Waals surface area contributed by atoms with Crippen LogP contribution in [0.5, 0.6) is 0 Å². The molecule has 0 atom stereocenters. The normalized spacial score (nSPS) is 11.1. The molecule has 8 heteroatoms. The SMILES string of the molecule is Cc1cccc(Cn2cnc3c(cnn3CCNC(=O)c3ccc(-n4cccc4)cc3)c2=O)c1. The van der Waals surface area contributed by atoms with Gasteiger partial charge in [0.25, 0.3) is 11.5 Å². The van der Waals surface area contributed by atoms with E-state index in [1.807, 2.05) is 66.3 Å². The minimum Gasteiger partial charge on any atom is -0.350 e. The van der Waals surface area contributed by atoms with Crippen LogP contribution < -0.4 is 10.9 Å². The summed E-state index contributed by atoms with van der Waals surface area (Å²) in [4.78, 5) is 29.9. The van der Waals surface area contributed by atoms with Gasteiger partial charge >= 0.3 is 0 Å². The second-order valence-corrected chi connectivity index (χ2v) is 8.16. The van der Waals surface area contributed by atoms with Crippen LogP contribution in [0.2, 0.25) is 0 Å². The number of rotatable bonds is 7. The van der Waals surface area contributed by atoms with E-state index in [9.17, 15) is 9.59 Å². The average Bonchev–Trinajstić information content (AvgIpc) is 3.52. The zero-order valence-corrected chi connectivity index (χ0v) is 18.8. The van der Waals surface area contributed by atoms with Gasteiger partial charge in [-0.2, -0.15) is 5.10 Å². The molecule has 0 aliphatic carbocycles. The molecule has 170 valence electrons. The number of fused-ring (bicyclic) bond motifs is 1. The first-order chi connectivity index (χ1) is 16.6. The molecule has 34 heavy (non-hydrogen) atoms. The van der Waals surface area contributed by atoms with Crippen molar-refractivity contribution in [3.8, 4) is 5.69 Å². The van der Waals surface area contributed by atoms with Crippen LogP contribution in [0.3, 0.4) is 0 Å². The summed E-state index contributed by atoms with van der Waals surface area (Å²) in [7, 11) is 0. The molecule has 5 aromatic rings. The van der Waals surface area contributed by atoms with Gasteiger partial charge in [0, 0.05) is 30.2 Å². The van der Waals surface area contributed by atoms with E-state index in [2.05, 4.69) is 21.5 Å². The molecule has 0 spiro atoms. The number of hydrogen-bond donors (Lipinski definition) is 1. The number of aromatic nitrogens is 5. The highest BCUT2D eigenvalue weighted by atomic mass is 16.1. The van der Waals surface area contributed by atoms with E-state index in [1.54, 1.807) is 33.9 Å². The highest BCUT2D eigenvalue weighted by Crippen LogP contribution is 2.11. The van der Waals surface area contributed by atoms with Gasteiger partial charge in [-0.25, -0.2) is 9.67 Å². The first kappa shape index (κ1) is 21.4. The molecular weight excluding hydrogens is 428 g/mol. The third kappa shape index (κ3) is 4.38. The van der Waals surface area contributed by atoms with Gasteiger partial charge in [-0.05, 0) is 48.9 Å². The Labute approximate surface area is 196 Å². The highest BCUT2D eigenvalue weighted by Gasteiger charge is 2.11. The predicted octanol–water partition coefficient (Wildman–Crippen LogP) is 3.17. The minimum absolute atomic E-state index is 0.135. The lowest BCUT2D eigenvalue weighted by Gasteiger charge is -2.09. The van der Waals surface area contributed by atoms with Crippen molar-refractivity contribution in [1.82, 2.24) is 29.2 Å². The second-order valence-electron chi connectivity index (χ2n) is 8.16. The Morgan fingerprint density at radius 1 is 1.03 bits per heavy atom. The van der Waals surface area contributed by atoms with Crippen molar-refractivity contribution in [3.63, 3.8) is 0 Å². The zero-order chi connectivity index (χ0) is 23.5. The molecule has 0 radical (unpaired) electrons. The number of benzene rings is 2. The fourth-order valence-corrected chi connectivity index (χ4v) is 3.95. The molecule has 0 fully saturated rings. The lowest BCUT2D eigenvalue weighted by Crippen LogP contribution is -2.27. The Morgan fingerprint density at radius 2 is 1.82 bits per heavy atom. The molecule has 3 heterocycles. The fourth-order valence-electron chi connectivity index (χ4n) is 3.95. The molecule has 1 amide bonds. The Bertz CT molecular complexity index is 1500. The predicted molar refractivity (Wildman–Crippen MR) is 130 cm³/mol. The topological polar surface area (TPSA) is 86.7 Å². The van der Waals surface area contributed by atoms with Gasteiger partial charge in [0.15, 0.2) is 5.65 Å². The van der Waals surface area contributed by atoms with Gasteiger partial charge in [0.1, 0.15) is 11.7 Å². The maximum absolute atomic E-state index is 12.9. The summed E-state index contributed by atoms with van der Waals surface area (Å²) >= 11 is 0. The van der Waals surface area contributed by atoms with E-state index in [0.29, 0.717) is 36.2 Å². The number of nitrogens with zero attached hydrogens (tertiary/aromatic N) is 5. The van der Waals surface area contributed by atoms with Gasteiger partial charge in [-0.15, -0.1) is 0 Å². The molecule has 1 N–H and O–H groups in total. The fraction of sp³-hybridized carbons (Fsp3) is 0.154. The van der Waals surface area contributed by atoms with Crippen LogP contribution in [0.1, 0.15) is 21.5 Å². The highest BCUT2D eigenvalue weighted by molar-refractivity contribution is 5.94. The standard InChI is InChI=1S/C26H24N6O2/c1-19-5-4-6-20(15-19)17-31-18-28-24-23(26(31)34)16-29-32(24)14-11-27-25(33)21-7-9-22(10-8-21)30-12-2-3-13-30/h2-10,12-13,15-16,18H,11,14,17H2,1H3,(H,27,33). The molecule has 0 unspecified atom stereocenters. The lowest BCUT2D eigenvalue weighted by molar-refractivity contribution is 0.0952. The number of aryl methyl sites for hydroxylation is 1. The van der Waals surface area contributed by atoms with Crippen LogP contribution in [-0.4, -0.2) is 36.4 Å². The van der Waals surface area contributed by atoms with Gasteiger partial charge in [0.05, 0.1) is 19.3 Å². The number of carbonyl (C=O) groups is 1. The summed E-state index contributed by atoms with van der Waals surface area (Å²) in [5.41, 5.74) is 4.13. The number of amides is 1. The van der Waals surface area contributed by atoms with Crippen LogP contribution in [0.25, 0.3) is 16.7 Å². The van der Waals surface area contributed by atoms with Gasteiger partial charge in [-0.1, -0.05) is 29.8 Å². The van der Waals surface area contributed by atoms with Crippen LogP contribution in [-0.2, 0) is 13.1 Å². The first-order valence-electron chi connectivity index (χ1n) is 11.1. The third-order valence-electron chi connectivity index (χ3n) is 5.70. The Morgan fingerprint density at radius 3 is 2.59 bits per heavy atom. The largest absolute Gasteiger partial charge is 0.350 e. The second kappa shape index (κ2) is 9.19. The van der Waals surface area contributed by atoms with Gasteiger partial charge < -0.3 is 9.88 Å². The smallest absolute Gasteiger partial charge is 0.264 e. The summed E-state index contributed by atoms with van der Waals surface area (Å²) in [6.07, 6.45) is 7.00. The van der Waals surface area contributed by atoms with Gasteiger partial charge in [0.2, 0.25) is 0 Å². The summed E-state index contributed by atoms with van der Waals surface area (Å²) in [5, 5.41) is 7.68. The molecular formula is C26H24N6O2. The summed E-state index contributed by atoms with van der Waals surface area (Å²) in [6, 6.07) is 19.4. The van der Waals surface area contributed by atoms with Crippen molar-refractivity contribution in [2.45, 2.75) is 20.0 Å². The zero-order valence-electron chi connectivity index (χ0n) is 18.8. The monoisotopic (exact) mass is 452 g/mol. The van der Waals surface area contributed by atoms with Crippen molar-refractivity contribution in [3.05, 3.63) is 113 Å². The van der Waals surface area contributed by atoms with E-state index in [-0.39, 0.29) is 11.5 Å². The van der Waals surface area contributed by atoms with E-state index in [0.717, 1.165) is 16.8 Å². The van der Waals surface area contributed by atoms with Crippen molar-refractivity contribution in [2.24, 2.45) is 0 Å². The van der Waals surface area contributed by atoms with Crippen LogP contribution in [0.4, 0.5) is 0 Å². The maximum Gasteiger partial charge on any atom is 0.264 e. The van der Waals surface area contributed by atoms with Crippen molar-refractivity contribution >= 4 is 16.9 Å². The number of nitrogens with one attached hydrogen (secondary N) is 1. The summed E-state index contributed by atoms with van der Waals surface area (Å²) in [6.45, 7) is 3.25. The Hall–Kier alpha value is -4.46. The van der Waals surface area contributed by atoms with E-state index in [4.69, 9.17) is 0 Å². The van der Waals surface area contributed by atoms with Crippen molar-refractivity contribution < 1.29 is 4.79 Å². The average molecular weight is 453 g/mol. The Kier molecular flexibility index (Phi) is 5.78. The quantitative estimate of drug-likeness (QED) is 0.411. The molecule has 0 aliphatic heterocycles. The Balaban J connectivity index is 1.23. The number of hydrogen-bond acceptors (Lipinski definition) is 4. The third-order valence-corrected chi connectivity index (χ3v) is 5.70. The van der Waals surface area contributed by atoms with Crippen LogP contribution in [0, 0.1) is 6.92 Å². The summed E-state index contributed by atoms with van der Waals surface area (Å²) in [5.74, 6) is -0.163. The van der Waals surface area contributed by atoms with Crippen molar-refractivity contribution in [1.29, 1.82) is 0 Å². The van der Waals surface area contributed by atoms with Crippen LogP contribution >= 0.6 is 0 Å². The van der Waals surface area contributed by atoms with E-state index in [1.165, 1.54) is 0 Å². The molecule has 5 rings (SSSR count).